The van der Waals surface area contributed by atoms with Crippen molar-refractivity contribution in [3.63, 3.8) is 0 Å². The van der Waals surface area contributed by atoms with E-state index in [0.717, 1.165) is 0 Å². The van der Waals surface area contributed by atoms with Gasteiger partial charge >= 0.3 is 0 Å². The molecule has 0 aliphatic rings. The van der Waals surface area contributed by atoms with Gasteiger partial charge in [-0.25, -0.2) is 0 Å². The van der Waals surface area contributed by atoms with Gasteiger partial charge in [-0.15, -0.1) is 50.5 Å². The molecule has 0 aliphatic heterocycles. The van der Waals surface area contributed by atoms with Crippen LogP contribution in [0.3, 0.4) is 0 Å². The Morgan fingerprint density at radius 2 is 0.717 bits per heavy atom. The largest absolute Gasteiger partial charge is 0.493 e. The monoisotopic (exact) mass is 764 g/mol. The molecule has 0 aliphatic carbocycles. The van der Waals surface area contributed by atoms with Gasteiger partial charge in [-0.3, -0.25) is 0 Å². The third kappa shape index (κ3) is 15.1. The minimum absolute atomic E-state index is 0. The summed E-state index contributed by atoms with van der Waals surface area (Å²) in [5.74, 6) is 3.26. The number of hydrogen-bond acceptors (Lipinski definition) is 10. The molecule has 0 bridgehead atoms. The summed E-state index contributed by atoms with van der Waals surface area (Å²) in [5.41, 5.74) is 0. The van der Waals surface area contributed by atoms with Crippen LogP contribution in [-0.4, -0.2) is 73.3 Å². The summed E-state index contributed by atoms with van der Waals surface area (Å²) in [6.45, 7) is 15.0. The van der Waals surface area contributed by atoms with E-state index >= 15 is 0 Å². The summed E-state index contributed by atoms with van der Waals surface area (Å²) in [5, 5.41) is 0. The average Bonchev–Trinajstić information content (AvgIpc) is 3.06. The maximum Gasteiger partial charge on any atom is 0.204 e. The molecule has 0 aromatic heterocycles. The van der Waals surface area contributed by atoms with Crippen molar-refractivity contribution in [2.75, 3.05) is 68.8 Å². The van der Waals surface area contributed by atoms with Crippen LogP contribution in [-0.2, 0) is 16.5 Å². The first-order chi connectivity index (χ1) is 21.5. The molecule has 0 saturated heterocycles. The van der Waals surface area contributed by atoms with Crippen molar-refractivity contribution in [2.24, 2.45) is 0 Å². The van der Waals surface area contributed by atoms with Crippen LogP contribution in [0.15, 0.2) is 31.7 Å². The van der Waals surface area contributed by atoms with Crippen LogP contribution < -0.4 is 28.4 Å². The van der Waals surface area contributed by atoms with Crippen molar-refractivity contribution < 1.29 is 49.4 Å². The van der Waals surface area contributed by atoms with Gasteiger partial charge in [0.05, 0.1) is 78.6 Å². The molecule has 270 valence electrons. The Morgan fingerprint density at radius 1 is 0.457 bits per heavy atom. The number of thiol groups is 4. The summed E-state index contributed by atoms with van der Waals surface area (Å²) in [7, 11) is 9.30. The third-order valence-electron chi connectivity index (χ3n) is 7.51. The molecule has 0 saturated carbocycles. The molecular weight excluding hydrogens is 705 g/mol. The Balaban J connectivity index is 0. The fourth-order valence-electron chi connectivity index (χ4n) is 4.90. The summed E-state index contributed by atoms with van der Waals surface area (Å²) in [4.78, 5) is 2.63. The van der Waals surface area contributed by atoms with E-state index in [4.69, 9.17) is 28.4 Å². The molecule has 0 unspecified atom stereocenters. The van der Waals surface area contributed by atoms with E-state index in [1.807, 2.05) is 0 Å². The first-order valence-corrected chi connectivity index (χ1v) is 17.6. The van der Waals surface area contributed by atoms with Crippen molar-refractivity contribution in [2.45, 2.75) is 98.6 Å². The van der Waals surface area contributed by atoms with Crippen LogP contribution in [0.2, 0.25) is 0 Å². The van der Waals surface area contributed by atoms with E-state index in [0.29, 0.717) is 54.1 Å². The second kappa shape index (κ2) is 27.0. The van der Waals surface area contributed by atoms with Crippen LogP contribution in [0.1, 0.15) is 79.1 Å². The molecule has 7 nitrogen and oxygen atoms in total. The van der Waals surface area contributed by atoms with E-state index in [2.05, 4.69) is 78.2 Å². The standard InChI is InChI=1S/C16H36N.2C9H12O3S2.Ni/c1-5-9-13-17(14-10-6-2,15-11-7-3)16-12-8-4;2*1-10-5-4-6(13)9(14)8(12-3)7(5)11-2;/h5-16H2,1-4H3;2*4,13-14H,1-3H3;/q+1;;;. The zero-order valence-corrected chi connectivity index (χ0v) is 34.2. The first kappa shape index (κ1) is 47.2. The molecule has 0 N–H and O–H groups in total. The number of benzene rings is 2. The predicted molar refractivity (Wildman–Crippen MR) is 201 cm³/mol. The van der Waals surface area contributed by atoms with Crippen LogP contribution >= 0.6 is 50.5 Å². The van der Waals surface area contributed by atoms with Crippen molar-refractivity contribution in [3.8, 4) is 34.5 Å². The molecule has 0 heterocycles. The molecule has 2 aromatic carbocycles. The quantitative estimate of drug-likeness (QED) is 0.0690. The van der Waals surface area contributed by atoms with E-state index in [1.54, 1.807) is 54.8 Å². The van der Waals surface area contributed by atoms with E-state index < -0.39 is 0 Å². The number of quaternary nitrogens is 1. The Labute approximate surface area is 312 Å². The second-order valence-electron chi connectivity index (χ2n) is 10.7. The van der Waals surface area contributed by atoms with Gasteiger partial charge in [0.25, 0.3) is 0 Å². The third-order valence-corrected chi connectivity index (χ3v) is 9.46. The number of ether oxygens (including phenoxy) is 6. The van der Waals surface area contributed by atoms with Gasteiger partial charge in [-0.1, -0.05) is 53.4 Å². The van der Waals surface area contributed by atoms with Crippen molar-refractivity contribution in [3.05, 3.63) is 12.1 Å². The van der Waals surface area contributed by atoms with Gasteiger partial charge in [0.15, 0.2) is 23.0 Å². The molecule has 12 heteroatoms. The number of methoxy groups -OCH3 is 6. The Kier molecular flexibility index (Phi) is 27.7. The Bertz CT molecular complexity index is 1010. The van der Waals surface area contributed by atoms with Crippen molar-refractivity contribution in [1.82, 2.24) is 0 Å². The maximum atomic E-state index is 5.16. The van der Waals surface area contributed by atoms with Crippen molar-refractivity contribution >= 4 is 50.5 Å². The molecule has 2 aromatic rings. The van der Waals surface area contributed by atoms with Crippen LogP contribution in [0.4, 0.5) is 0 Å². The molecule has 2 rings (SSSR count). The van der Waals surface area contributed by atoms with Gasteiger partial charge in [0.2, 0.25) is 11.5 Å². The molecule has 46 heavy (non-hydrogen) atoms. The number of unbranched alkanes of at least 4 members (excludes halogenated alkanes) is 4. The summed E-state index contributed by atoms with van der Waals surface area (Å²) < 4.78 is 32.3. The first-order valence-electron chi connectivity index (χ1n) is 15.8. The van der Waals surface area contributed by atoms with E-state index in [1.165, 1.54) is 82.0 Å². The van der Waals surface area contributed by atoms with Crippen molar-refractivity contribution in [1.29, 1.82) is 0 Å². The second-order valence-corrected chi connectivity index (χ2v) is 12.5. The van der Waals surface area contributed by atoms with Crippen LogP contribution in [0.5, 0.6) is 34.5 Å². The summed E-state index contributed by atoms with van der Waals surface area (Å²) in [6.07, 6.45) is 11.1. The number of hydrogen-bond donors (Lipinski definition) is 4. The molecule has 0 amide bonds. The molecule has 0 fully saturated rings. The predicted octanol–water partition coefficient (Wildman–Crippen LogP) is 9.58. The molecule has 0 atom stereocenters. The van der Waals surface area contributed by atoms with Gasteiger partial charge in [-0.05, 0) is 37.8 Å². The molecule has 0 radical (unpaired) electrons. The van der Waals surface area contributed by atoms with Gasteiger partial charge in [-0.2, -0.15) is 0 Å². The average molecular weight is 766 g/mol. The number of rotatable bonds is 18. The number of nitrogens with zero attached hydrogens (tertiary/aromatic N) is 1. The van der Waals surface area contributed by atoms with Gasteiger partial charge in [0.1, 0.15) is 0 Å². The smallest absolute Gasteiger partial charge is 0.204 e. The summed E-state index contributed by atoms with van der Waals surface area (Å²) in [6, 6.07) is 3.46. The molecular formula is C34H60NNiO6S4+. The summed E-state index contributed by atoms with van der Waals surface area (Å²) >= 11 is 17.0. The SMILES string of the molecule is CCCC[N+](CCCC)(CCCC)CCCC.COc1cc(S)c(S)c(OC)c1OC.COc1cc(S)c(S)c(OC)c1OC.[Ni]. The minimum Gasteiger partial charge on any atom is -0.493 e. The zero-order chi connectivity index (χ0) is 34.4. The maximum absolute atomic E-state index is 5.16. The molecule has 0 spiro atoms. The van der Waals surface area contributed by atoms with Gasteiger partial charge < -0.3 is 32.9 Å². The van der Waals surface area contributed by atoms with Crippen LogP contribution in [0, 0.1) is 0 Å². The Hall–Kier alpha value is -0.906. The fourth-order valence-corrected chi connectivity index (χ4v) is 5.85. The van der Waals surface area contributed by atoms with E-state index in [9.17, 15) is 0 Å². The topological polar surface area (TPSA) is 55.4 Å². The Morgan fingerprint density at radius 3 is 0.913 bits per heavy atom. The van der Waals surface area contributed by atoms with Gasteiger partial charge in [0, 0.05) is 26.3 Å². The fraction of sp³-hybridized carbons (Fsp3) is 0.647. The minimum atomic E-state index is 0. The zero-order valence-electron chi connectivity index (χ0n) is 29.6. The van der Waals surface area contributed by atoms with E-state index in [-0.39, 0.29) is 16.5 Å². The van der Waals surface area contributed by atoms with Crippen LogP contribution in [0.25, 0.3) is 0 Å². The normalized spacial score (nSPS) is 10.4.